The molecule has 240 valence electrons. The van der Waals surface area contributed by atoms with Crippen LogP contribution in [0, 0.1) is 6.92 Å². The van der Waals surface area contributed by atoms with Gasteiger partial charge in [0, 0.05) is 18.8 Å². The average molecular weight is 639 g/mol. The Bertz CT molecular complexity index is 1470. The standard InChI is InChI=1S/C27H27F9N6O2/c1-4-44-23(43)14-41-7-5-6-21(19-8-15(2)20(12-22(19)41)27(34,35)36)42(24-37-39-40(3)38-24)13-16-9-17(25(28,29)30)11-18(10-16)26(31,32)33/h8-12,21H,4-7,13-14H2,1-3H3. The van der Waals surface area contributed by atoms with E-state index in [2.05, 4.69) is 15.4 Å². The molecule has 0 fully saturated rings. The van der Waals surface area contributed by atoms with Crippen molar-refractivity contribution in [1.82, 2.24) is 20.2 Å². The van der Waals surface area contributed by atoms with Crippen molar-refractivity contribution in [3.05, 3.63) is 63.7 Å². The van der Waals surface area contributed by atoms with Gasteiger partial charge in [0.2, 0.25) is 0 Å². The molecule has 0 aliphatic carbocycles. The summed E-state index contributed by atoms with van der Waals surface area (Å²) in [6, 6.07) is 2.35. The summed E-state index contributed by atoms with van der Waals surface area (Å²) in [5.74, 6) is -0.868. The highest BCUT2D eigenvalue weighted by Gasteiger charge is 2.39. The number of rotatable bonds is 7. The van der Waals surface area contributed by atoms with Crippen LogP contribution in [0.3, 0.4) is 0 Å². The maximum atomic E-state index is 14.0. The molecule has 1 unspecified atom stereocenters. The third kappa shape index (κ3) is 7.35. The lowest BCUT2D eigenvalue weighted by molar-refractivity contribution is -0.143. The molecule has 8 nitrogen and oxygen atoms in total. The van der Waals surface area contributed by atoms with Crippen molar-refractivity contribution in [2.24, 2.45) is 7.05 Å². The molecule has 2 aromatic carbocycles. The fourth-order valence-corrected chi connectivity index (χ4v) is 5.18. The van der Waals surface area contributed by atoms with E-state index in [0.717, 1.165) is 10.9 Å². The van der Waals surface area contributed by atoms with Crippen molar-refractivity contribution < 1.29 is 49.0 Å². The Morgan fingerprint density at radius 1 is 0.977 bits per heavy atom. The van der Waals surface area contributed by atoms with E-state index in [1.54, 1.807) is 6.92 Å². The van der Waals surface area contributed by atoms with Gasteiger partial charge in [-0.15, -0.1) is 5.10 Å². The molecule has 1 aromatic heterocycles. The Morgan fingerprint density at radius 3 is 2.14 bits per heavy atom. The number of benzene rings is 2. The molecular formula is C27H27F9N6O2. The summed E-state index contributed by atoms with van der Waals surface area (Å²) in [7, 11) is 1.39. The molecule has 1 atom stereocenters. The third-order valence-electron chi connectivity index (χ3n) is 7.04. The van der Waals surface area contributed by atoms with Gasteiger partial charge in [0.05, 0.1) is 36.4 Å². The van der Waals surface area contributed by atoms with Gasteiger partial charge in [0.15, 0.2) is 0 Å². The van der Waals surface area contributed by atoms with Crippen LogP contribution in [0.2, 0.25) is 0 Å². The predicted octanol–water partition coefficient (Wildman–Crippen LogP) is 6.49. The highest BCUT2D eigenvalue weighted by atomic mass is 19.4. The van der Waals surface area contributed by atoms with Crippen molar-refractivity contribution in [2.45, 2.75) is 57.8 Å². The maximum Gasteiger partial charge on any atom is 0.416 e. The number of fused-ring (bicyclic) bond motifs is 1. The molecule has 0 radical (unpaired) electrons. The van der Waals surface area contributed by atoms with Crippen LogP contribution in [0.4, 0.5) is 51.1 Å². The van der Waals surface area contributed by atoms with E-state index in [0.29, 0.717) is 12.1 Å². The van der Waals surface area contributed by atoms with Crippen LogP contribution in [0.15, 0.2) is 30.3 Å². The summed E-state index contributed by atoms with van der Waals surface area (Å²) in [4.78, 5) is 16.1. The molecule has 2 heterocycles. The van der Waals surface area contributed by atoms with E-state index < -0.39 is 59.3 Å². The average Bonchev–Trinajstić information content (AvgIpc) is 3.26. The van der Waals surface area contributed by atoms with Gasteiger partial charge >= 0.3 is 24.5 Å². The molecular weight excluding hydrogens is 611 g/mol. The minimum absolute atomic E-state index is 0.00461. The van der Waals surface area contributed by atoms with Crippen molar-refractivity contribution in [3.8, 4) is 0 Å². The number of aryl methyl sites for hydroxylation is 2. The topological polar surface area (TPSA) is 76.4 Å². The van der Waals surface area contributed by atoms with E-state index >= 15 is 0 Å². The summed E-state index contributed by atoms with van der Waals surface area (Å²) in [5, 5.41) is 11.8. The molecule has 0 saturated carbocycles. The highest BCUT2D eigenvalue weighted by Crippen LogP contribution is 2.44. The SMILES string of the molecule is CCOC(=O)CN1CCCC(N(Cc2cc(C(F)(F)F)cc(C(F)(F)F)c2)c2nnn(C)n2)c2cc(C)c(C(F)(F)F)cc21. The number of nitrogens with zero attached hydrogens (tertiary/aromatic N) is 6. The molecule has 1 aliphatic heterocycles. The van der Waals surface area contributed by atoms with Crippen LogP contribution < -0.4 is 9.80 Å². The van der Waals surface area contributed by atoms with Crippen LogP contribution in [-0.4, -0.2) is 45.9 Å². The second-order valence-electron chi connectivity index (χ2n) is 10.2. The fraction of sp³-hybridized carbons (Fsp3) is 0.481. The number of halogens is 9. The van der Waals surface area contributed by atoms with Gasteiger partial charge in [-0.1, -0.05) is 11.2 Å². The van der Waals surface area contributed by atoms with E-state index in [9.17, 15) is 44.3 Å². The zero-order valence-corrected chi connectivity index (χ0v) is 23.6. The number of anilines is 2. The minimum atomic E-state index is -5.10. The molecule has 0 spiro atoms. The molecule has 44 heavy (non-hydrogen) atoms. The number of carbonyl (C=O) groups excluding carboxylic acids is 1. The number of esters is 1. The molecule has 4 rings (SSSR count). The maximum absolute atomic E-state index is 14.0. The van der Waals surface area contributed by atoms with Gasteiger partial charge in [0.25, 0.3) is 5.95 Å². The first-order valence-corrected chi connectivity index (χ1v) is 13.3. The van der Waals surface area contributed by atoms with Gasteiger partial charge < -0.3 is 14.5 Å². The van der Waals surface area contributed by atoms with Gasteiger partial charge in [-0.2, -0.15) is 44.3 Å². The number of tetrazole rings is 1. The molecule has 0 amide bonds. The number of hydrogen-bond acceptors (Lipinski definition) is 7. The van der Waals surface area contributed by atoms with Crippen LogP contribution in [-0.2, 0) is 41.7 Å². The molecule has 0 N–H and O–H groups in total. The first kappa shape index (κ1) is 32.9. The van der Waals surface area contributed by atoms with Crippen LogP contribution in [0.1, 0.15) is 59.2 Å². The van der Waals surface area contributed by atoms with E-state index in [4.69, 9.17) is 4.74 Å². The Kier molecular flexibility index (Phi) is 9.07. The summed E-state index contributed by atoms with van der Waals surface area (Å²) < 4.78 is 129. The zero-order valence-electron chi connectivity index (χ0n) is 23.6. The van der Waals surface area contributed by atoms with Crippen LogP contribution >= 0.6 is 0 Å². The largest absolute Gasteiger partial charge is 0.465 e. The van der Waals surface area contributed by atoms with Crippen molar-refractivity contribution in [1.29, 1.82) is 0 Å². The van der Waals surface area contributed by atoms with Crippen molar-refractivity contribution in [3.63, 3.8) is 0 Å². The molecule has 0 saturated heterocycles. The molecule has 17 heteroatoms. The van der Waals surface area contributed by atoms with Crippen LogP contribution in [0.5, 0.6) is 0 Å². The Balaban J connectivity index is 1.90. The van der Waals surface area contributed by atoms with Crippen molar-refractivity contribution >= 4 is 17.6 Å². The Hall–Kier alpha value is -4.05. The quantitative estimate of drug-likeness (QED) is 0.217. The normalized spacial score (nSPS) is 16.0. The smallest absolute Gasteiger partial charge is 0.416 e. The van der Waals surface area contributed by atoms with Gasteiger partial charge in [-0.25, -0.2) is 0 Å². The third-order valence-corrected chi connectivity index (χ3v) is 7.04. The summed E-state index contributed by atoms with van der Waals surface area (Å²) in [6.07, 6.45) is -14.5. The lowest BCUT2D eigenvalue weighted by Gasteiger charge is -2.33. The first-order chi connectivity index (χ1) is 20.4. The summed E-state index contributed by atoms with van der Waals surface area (Å²) in [5.41, 5.74) is -4.34. The van der Waals surface area contributed by atoms with Gasteiger partial charge in [0.1, 0.15) is 6.54 Å². The minimum Gasteiger partial charge on any atom is -0.465 e. The number of ether oxygens (including phenoxy) is 1. The Morgan fingerprint density at radius 2 is 1.61 bits per heavy atom. The fourth-order valence-electron chi connectivity index (χ4n) is 5.18. The zero-order chi connectivity index (χ0) is 32.6. The van der Waals surface area contributed by atoms with E-state index in [1.807, 2.05) is 0 Å². The number of hydrogen-bond donors (Lipinski definition) is 0. The van der Waals surface area contributed by atoms with Gasteiger partial charge in [-0.3, -0.25) is 4.79 Å². The Labute approximate surface area is 245 Å². The van der Waals surface area contributed by atoms with E-state index in [1.165, 1.54) is 29.8 Å². The van der Waals surface area contributed by atoms with Gasteiger partial charge in [-0.05, 0) is 72.9 Å². The second-order valence-corrected chi connectivity index (χ2v) is 10.2. The number of alkyl halides is 9. The monoisotopic (exact) mass is 638 g/mol. The lowest BCUT2D eigenvalue weighted by atomic mass is 9.94. The summed E-state index contributed by atoms with van der Waals surface area (Å²) >= 11 is 0. The van der Waals surface area contributed by atoms with Crippen molar-refractivity contribution in [2.75, 3.05) is 29.5 Å². The second kappa shape index (κ2) is 12.1. The predicted molar refractivity (Wildman–Crippen MR) is 138 cm³/mol. The van der Waals surface area contributed by atoms with Crippen LogP contribution in [0.25, 0.3) is 0 Å². The highest BCUT2D eigenvalue weighted by molar-refractivity contribution is 5.77. The lowest BCUT2D eigenvalue weighted by Crippen LogP contribution is -2.33. The summed E-state index contributed by atoms with van der Waals surface area (Å²) in [6.45, 7) is 1.97. The number of carbonyl (C=O) groups is 1. The first-order valence-electron chi connectivity index (χ1n) is 13.3. The molecule has 0 bridgehead atoms. The molecule has 3 aromatic rings. The van der Waals surface area contributed by atoms with E-state index in [-0.39, 0.29) is 61.4 Å². The molecule has 1 aliphatic rings. The number of aromatic nitrogens is 4.